The minimum Gasteiger partial charge on any atom is -0.382 e. The molecule has 2 nitrogen and oxygen atoms in total. The van der Waals surface area contributed by atoms with Crippen molar-refractivity contribution in [3.05, 3.63) is 28.2 Å². The zero-order valence-electron chi connectivity index (χ0n) is 12.0. The van der Waals surface area contributed by atoms with E-state index >= 15 is 0 Å². The van der Waals surface area contributed by atoms with Crippen molar-refractivity contribution in [2.24, 2.45) is 0 Å². The fourth-order valence-corrected chi connectivity index (χ4v) is 3.07. The number of nitrogens with zero attached hydrogens (tertiary/aromatic N) is 1. The maximum Gasteiger partial charge on any atom is 0.418 e. The molecular formula is C15H20BrF3N2. The van der Waals surface area contributed by atoms with Crippen LogP contribution in [0.2, 0.25) is 0 Å². The van der Waals surface area contributed by atoms with E-state index in [1.54, 1.807) is 6.07 Å². The van der Waals surface area contributed by atoms with Crippen molar-refractivity contribution in [1.82, 2.24) is 4.90 Å². The Bertz CT molecular complexity index is 476. The second-order valence-electron chi connectivity index (χ2n) is 5.39. The fourth-order valence-electron chi connectivity index (χ4n) is 2.71. The summed E-state index contributed by atoms with van der Waals surface area (Å²) in [5.74, 6) is 0. The van der Waals surface area contributed by atoms with Crippen LogP contribution in [-0.4, -0.2) is 30.6 Å². The summed E-state index contributed by atoms with van der Waals surface area (Å²) in [5, 5.41) is 3.10. The first-order chi connectivity index (χ1) is 9.90. The molecule has 21 heavy (non-hydrogen) atoms. The van der Waals surface area contributed by atoms with Crippen molar-refractivity contribution in [1.29, 1.82) is 0 Å². The van der Waals surface area contributed by atoms with E-state index in [9.17, 15) is 13.2 Å². The molecule has 2 rings (SSSR count). The standard InChI is InChI=1S/C15H20BrF3N2/c1-2-21-8-3-4-12(7-9-21)20-14-6-5-11(16)10-13(14)15(17,18)19/h5-6,10,12,20H,2-4,7-9H2,1H3. The molecule has 0 bridgehead atoms. The van der Waals surface area contributed by atoms with Gasteiger partial charge in [-0.15, -0.1) is 0 Å². The Labute approximate surface area is 131 Å². The lowest BCUT2D eigenvalue weighted by Gasteiger charge is -2.22. The van der Waals surface area contributed by atoms with E-state index in [0.717, 1.165) is 45.0 Å². The van der Waals surface area contributed by atoms with Crippen LogP contribution in [0.4, 0.5) is 18.9 Å². The van der Waals surface area contributed by atoms with Gasteiger partial charge in [-0.05, 0) is 50.6 Å². The normalized spacial score (nSPS) is 21.1. The van der Waals surface area contributed by atoms with Crippen molar-refractivity contribution < 1.29 is 13.2 Å². The van der Waals surface area contributed by atoms with Gasteiger partial charge in [0, 0.05) is 22.7 Å². The zero-order valence-corrected chi connectivity index (χ0v) is 13.6. The van der Waals surface area contributed by atoms with Gasteiger partial charge in [0.2, 0.25) is 0 Å². The van der Waals surface area contributed by atoms with E-state index in [-0.39, 0.29) is 11.7 Å². The minimum atomic E-state index is -4.34. The van der Waals surface area contributed by atoms with Crippen LogP contribution in [0.15, 0.2) is 22.7 Å². The number of hydrogen-bond donors (Lipinski definition) is 1. The molecule has 0 aliphatic carbocycles. The lowest BCUT2D eigenvalue weighted by molar-refractivity contribution is -0.137. The van der Waals surface area contributed by atoms with Gasteiger partial charge in [-0.2, -0.15) is 13.2 Å². The quantitative estimate of drug-likeness (QED) is 0.831. The van der Waals surface area contributed by atoms with Crippen molar-refractivity contribution in [2.45, 2.75) is 38.4 Å². The molecule has 1 N–H and O–H groups in total. The molecule has 1 aliphatic heterocycles. The Morgan fingerprint density at radius 2 is 2.05 bits per heavy atom. The Kier molecular flexibility index (Phi) is 5.54. The van der Waals surface area contributed by atoms with Gasteiger partial charge in [-0.25, -0.2) is 0 Å². The summed E-state index contributed by atoms with van der Waals surface area (Å²) in [5.41, 5.74) is -0.422. The number of anilines is 1. The predicted octanol–water partition coefficient (Wildman–Crippen LogP) is 4.75. The number of hydrogen-bond acceptors (Lipinski definition) is 2. The molecule has 1 aromatic carbocycles. The molecule has 1 aliphatic rings. The van der Waals surface area contributed by atoms with Gasteiger partial charge >= 0.3 is 6.18 Å². The maximum atomic E-state index is 13.1. The molecule has 0 aromatic heterocycles. The van der Waals surface area contributed by atoms with E-state index in [1.165, 1.54) is 6.07 Å². The van der Waals surface area contributed by atoms with Gasteiger partial charge in [0.25, 0.3) is 0 Å². The van der Waals surface area contributed by atoms with Gasteiger partial charge in [0.05, 0.1) is 5.56 Å². The molecule has 1 heterocycles. The lowest BCUT2D eigenvalue weighted by Crippen LogP contribution is -2.26. The molecule has 0 amide bonds. The maximum absolute atomic E-state index is 13.1. The van der Waals surface area contributed by atoms with Crippen molar-refractivity contribution in [2.75, 3.05) is 25.0 Å². The third-order valence-electron chi connectivity index (χ3n) is 3.91. The smallest absolute Gasteiger partial charge is 0.382 e. The van der Waals surface area contributed by atoms with E-state index < -0.39 is 11.7 Å². The highest BCUT2D eigenvalue weighted by Gasteiger charge is 2.34. The average Bonchev–Trinajstić information content (AvgIpc) is 2.65. The molecule has 1 saturated heterocycles. The molecule has 0 saturated carbocycles. The Hall–Kier alpha value is -0.750. The van der Waals surface area contributed by atoms with Gasteiger partial charge in [0.15, 0.2) is 0 Å². The van der Waals surface area contributed by atoms with Crippen molar-refractivity contribution >= 4 is 21.6 Å². The monoisotopic (exact) mass is 364 g/mol. The number of likely N-dealkylation sites (tertiary alicyclic amines) is 1. The van der Waals surface area contributed by atoms with Gasteiger partial charge in [-0.3, -0.25) is 0 Å². The predicted molar refractivity (Wildman–Crippen MR) is 82.5 cm³/mol. The zero-order chi connectivity index (χ0) is 15.5. The second-order valence-corrected chi connectivity index (χ2v) is 6.31. The Morgan fingerprint density at radius 1 is 1.29 bits per heavy atom. The van der Waals surface area contributed by atoms with Crippen LogP contribution in [0.25, 0.3) is 0 Å². The first-order valence-corrected chi connectivity index (χ1v) is 8.05. The lowest BCUT2D eigenvalue weighted by atomic mass is 10.1. The molecule has 1 atom stereocenters. The van der Waals surface area contributed by atoms with E-state index in [1.807, 2.05) is 0 Å². The van der Waals surface area contributed by atoms with Crippen molar-refractivity contribution in [3.63, 3.8) is 0 Å². The fraction of sp³-hybridized carbons (Fsp3) is 0.600. The summed E-state index contributed by atoms with van der Waals surface area (Å²) >= 11 is 3.11. The van der Waals surface area contributed by atoms with E-state index in [2.05, 4.69) is 33.1 Å². The Balaban J connectivity index is 2.12. The SMILES string of the molecule is CCN1CCCC(Nc2ccc(Br)cc2C(F)(F)F)CC1. The second kappa shape index (κ2) is 7.01. The highest BCUT2D eigenvalue weighted by molar-refractivity contribution is 9.10. The van der Waals surface area contributed by atoms with Gasteiger partial charge in [0.1, 0.15) is 0 Å². The molecule has 1 aromatic rings. The number of rotatable bonds is 3. The summed E-state index contributed by atoms with van der Waals surface area (Å²) in [4.78, 5) is 2.34. The molecule has 6 heteroatoms. The number of benzene rings is 1. The summed E-state index contributed by atoms with van der Waals surface area (Å²) in [6.45, 7) is 5.08. The van der Waals surface area contributed by atoms with Crippen LogP contribution in [0, 0.1) is 0 Å². The summed E-state index contributed by atoms with van der Waals surface area (Å²) in [6.07, 6.45) is -1.54. The van der Waals surface area contributed by atoms with Crippen LogP contribution in [0.5, 0.6) is 0 Å². The van der Waals surface area contributed by atoms with Crippen LogP contribution < -0.4 is 5.32 Å². The summed E-state index contributed by atoms with van der Waals surface area (Å²) < 4.78 is 39.8. The molecule has 1 unspecified atom stereocenters. The summed E-state index contributed by atoms with van der Waals surface area (Å²) in [7, 11) is 0. The van der Waals surface area contributed by atoms with Crippen LogP contribution >= 0.6 is 15.9 Å². The number of halogens is 4. The first-order valence-electron chi connectivity index (χ1n) is 7.25. The first kappa shape index (κ1) is 16.6. The van der Waals surface area contributed by atoms with E-state index in [0.29, 0.717) is 4.47 Å². The Morgan fingerprint density at radius 3 is 2.71 bits per heavy atom. The van der Waals surface area contributed by atoms with Gasteiger partial charge < -0.3 is 10.2 Å². The topological polar surface area (TPSA) is 15.3 Å². The molecular weight excluding hydrogens is 345 g/mol. The minimum absolute atomic E-state index is 0.101. The average molecular weight is 365 g/mol. The van der Waals surface area contributed by atoms with Crippen molar-refractivity contribution in [3.8, 4) is 0 Å². The van der Waals surface area contributed by atoms with Gasteiger partial charge in [-0.1, -0.05) is 22.9 Å². The molecule has 118 valence electrons. The number of alkyl halides is 3. The molecule has 0 radical (unpaired) electrons. The highest BCUT2D eigenvalue weighted by atomic mass is 79.9. The third kappa shape index (κ3) is 4.61. The molecule has 1 fully saturated rings. The summed E-state index contributed by atoms with van der Waals surface area (Å²) in [6, 6.07) is 4.39. The van der Waals surface area contributed by atoms with Crippen LogP contribution in [0.3, 0.4) is 0 Å². The van der Waals surface area contributed by atoms with Crippen LogP contribution in [-0.2, 0) is 6.18 Å². The third-order valence-corrected chi connectivity index (χ3v) is 4.41. The number of nitrogens with one attached hydrogen (secondary N) is 1. The molecule has 0 spiro atoms. The van der Waals surface area contributed by atoms with Crippen LogP contribution in [0.1, 0.15) is 31.7 Å². The highest BCUT2D eigenvalue weighted by Crippen LogP contribution is 2.37. The van der Waals surface area contributed by atoms with E-state index in [4.69, 9.17) is 0 Å². The largest absolute Gasteiger partial charge is 0.418 e.